The van der Waals surface area contributed by atoms with E-state index in [9.17, 15) is 4.79 Å². The average molecular weight is 260 g/mol. The van der Waals surface area contributed by atoms with Crippen LogP contribution in [0.4, 0.5) is 5.69 Å². The van der Waals surface area contributed by atoms with Gasteiger partial charge in [-0.15, -0.1) is 0 Å². The van der Waals surface area contributed by atoms with Crippen LogP contribution in [0.2, 0.25) is 0 Å². The van der Waals surface area contributed by atoms with Crippen molar-refractivity contribution in [3.05, 3.63) is 29.8 Å². The smallest absolute Gasteiger partial charge is 0.243 e. The van der Waals surface area contributed by atoms with Crippen molar-refractivity contribution in [2.75, 3.05) is 5.32 Å². The summed E-state index contributed by atoms with van der Waals surface area (Å²) in [6, 6.07) is 8.10. The van der Waals surface area contributed by atoms with Gasteiger partial charge in [-0.25, -0.2) is 0 Å². The highest BCUT2D eigenvalue weighted by molar-refractivity contribution is 5.88. The maximum atomic E-state index is 11.9. The van der Waals surface area contributed by atoms with Gasteiger partial charge in [0.2, 0.25) is 5.91 Å². The van der Waals surface area contributed by atoms with Crippen molar-refractivity contribution in [2.24, 2.45) is 11.1 Å². The summed E-state index contributed by atoms with van der Waals surface area (Å²) in [6.07, 6.45) is 3.66. The Hall–Kier alpha value is -1.51. The van der Waals surface area contributed by atoms with Crippen LogP contribution in [0.5, 0.6) is 0 Å². The fourth-order valence-electron chi connectivity index (χ4n) is 2.79. The summed E-state index contributed by atoms with van der Waals surface area (Å²) >= 11 is 0. The zero-order valence-electron chi connectivity index (χ0n) is 12.1. The molecule has 1 aromatic carbocycles. The normalized spacial score (nSPS) is 20.8. The second-order valence-electron chi connectivity index (χ2n) is 6.61. The Morgan fingerprint density at radius 2 is 1.84 bits per heavy atom. The first kappa shape index (κ1) is 13.9. The fourth-order valence-corrected chi connectivity index (χ4v) is 2.79. The summed E-state index contributed by atoms with van der Waals surface area (Å²) in [7, 11) is 0. The molecule has 1 aliphatic carbocycles. The van der Waals surface area contributed by atoms with Gasteiger partial charge in [0.25, 0.3) is 0 Å². The molecular weight excluding hydrogens is 236 g/mol. The maximum absolute atomic E-state index is 11.9. The highest BCUT2D eigenvalue weighted by Crippen LogP contribution is 2.41. The Morgan fingerprint density at radius 3 is 2.37 bits per heavy atom. The molecule has 1 aliphatic rings. The number of nitrogens with two attached hydrogens (primary N) is 1. The summed E-state index contributed by atoms with van der Waals surface area (Å²) in [5.74, 6) is -0.232. The molecule has 1 aromatic rings. The molecule has 19 heavy (non-hydrogen) atoms. The molecule has 3 heteroatoms. The zero-order valence-corrected chi connectivity index (χ0v) is 12.1. The van der Waals surface area contributed by atoms with Gasteiger partial charge in [-0.2, -0.15) is 0 Å². The highest BCUT2D eigenvalue weighted by atomic mass is 16.1. The molecular formula is C16H24N2O. The minimum absolute atomic E-state index is 0.232. The standard InChI is InChI=1S/C16H24N2O/c1-12-5-4-6-13(11-12)18-16(14(17)19)9-7-15(2,3)8-10-16/h4-6,11,18H,7-10H2,1-3H3,(H2,17,19). The number of carbonyl (C=O) groups excluding carboxylic acids is 1. The third-order valence-electron chi connectivity index (χ3n) is 4.33. The number of primary amides is 1. The predicted molar refractivity (Wildman–Crippen MR) is 79.0 cm³/mol. The topological polar surface area (TPSA) is 55.1 Å². The van der Waals surface area contributed by atoms with Crippen LogP contribution in [0.25, 0.3) is 0 Å². The van der Waals surface area contributed by atoms with Gasteiger partial charge in [0.1, 0.15) is 5.54 Å². The molecule has 0 heterocycles. The number of hydrogen-bond acceptors (Lipinski definition) is 2. The minimum atomic E-state index is -0.580. The predicted octanol–water partition coefficient (Wildman–Crippen LogP) is 3.23. The Morgan fingerprint density at radius 1 is 1.21 bits per heavy atom. The first-order chi connectivity index (χ1) is 8.83. The number of amides is 1. The van der Waals surface area contributed by atoms with E-state index in [1.165, 1.54) is 5.56 Å². The first-order valence-electron chi connectivity index (χ1n) is 6.98. The monoisotopic (exact) mass is 260 g/mol. The molecule has 0 radical (unpaired) electrons. The summed E-state index contributed by atoms with van der Waals surface area (Å²) < 4.78 is 0. The van der Waals surface area contributed by atoms with E-state index in [-0.39, 0.29) is 5.91 Å². The molecule has 0 aromatic heterocycles. The van der Waals surface area contributed by atoms with Crippen LogP contribution >= 0.6 is 0 Å². The fraction of sp³-hybridized carbons (Fsp3) is 0.562. The van der Waals surface area contributed by atoms with E-state index in [2.05, 4.69) is 25.2 Å². The van der Waals surface area contributed by atoms with Gasteiger partial charge in [0.05, 0.1) is 0 Å². The quantitative estimate of drug-likeness (QED) is 0.876. The van der Waals surface area contributed by atoms with Crippen molar-refractivity contribution in [2.45, 2.75) is 52.0 Å². The summed E-state index contributed by atoms with van der Waals surface area (Å²) in [5.41, 5.74) is 7.57. The zero-order chi connectivity index (χ0) is 14.1. The lowest BCUT2D eigenvalue weighted by molar-refractivity contribution is -0.124. The van der Waals surface area contributed by atoms with Crippen molar-refractivity contribution in [1.82, 2.24) is 0 Å². The van der Waals surface area contributed by atoms with Crippen molar-refractivity contribution < 1.29 is 4.79 Å². The lowest BCUT2D eigenvalue weighted by atomic mass is 9.69. The number of carbonyl (C=O) groups is 1. The van der Waals surface area contributed by atoms with E-state index in [1.54, 1.807) is 0 Å². The van der Waals surface area contributed by atoms with Crippen LogP contribution in [0.15, 0.2) is 24.3 Å². The average Bonchev–Trinajstić information content (AvgIpc) is 2.32. The lowest BCUT2D eigenvalue weighted by Gasteiger charge is -2.42. The molecule has 2 rings (SSSR count). The molecule has 3 nitrogen and oxygen atoms in total. The second kappa shape index (κ2) is 4.87. The lowest BCUT2D eigenvalue weighted by Crippen LogP contribution is -2.53. The molecule has 0 saturated heterocycles. The van der Waals surface area contributed by atoms with E-state index >= 15 is 0 Å². The van der Waals surface area contributed by atoms with Gasteiger partial charge in [-0.3, -0.25) is 4.79 Å². The van der Waals surface area contributed by atoms with Crippen molar-refractivity contribution >= 4 is 11.6 Å². The van der Waals surface area contributed by atoms with Gasteiger partial charge in [0, 0.05) is 5.69 Å². The summed E-state index contributed by atoms with van der Waals surface area (Å²) in [6.45, 7) is 6.56. The minimum Gasteiger partial charge on any atom is -0.371 e. The number of aryl methyl sites for hydroxylation is 1. The van der Waals surface area contributed by atoms with Gasteiger partial charge in [0.15, 0.2) is 0 Å². The van der Waals surface area contributed by atoms with E-state index in [0.29, 0.717) is 5.41 Å². The molecule has 1 amide bonds. The Bertz CT molecular complexity index is 469. The van der Waals surface area contributed by atoms with E-state index in [4.69, 9.17) is 5.73 Å². The molecule has 1 saturated carbocycles. The van der Waals surface area contributed by atoms with Crippen LogP contribution < -0.4 is 11.1 Å². The third kappa shape index (κ3) is 3.09. The summed E-state index contributed by atoms with van der Waals surface area (Å²) in [4.78, 5) is 11.9. The largest absolute Gasteiger partial charge is 0.371 e. The summed E-state index contributed by atoms with van der Waals surface area (Å²) in [5, 5.41) is 3.40. The highest BCUT2D eigenvalue weighted by Gasteiger charge is 2.42. The van der Waals surface area contributed by atoms with E-state index in [1.807, 2.05) is 25.1 Å². The van der Waals surface area contributed by atoms with Crippen LogP contribution in [0.1, 0.15) is 45.1 Å². The Kier molecular flexibility index (Phi) is 3.57. The molecule has 0 unspecified atom stereocenters. The Balaban J connectivity index is 2.20. The van der Waals surface area contributed by atoms with Crippen LogP contribution in [-0.2, 0) is 4.79 Å². The van der Waals surface area contributed by atoms with Crippen LogP contribution in [0.3, 0.4) is 0 Å². The number of nitrogens with one attached hydrogen (secondary N) is 1. The van der Waals surface area contributed by atoms with E-state index in [0.717, 1.165) is 31.4 Å². The van der Waals surface area contributed by atoms with Gasteiger partial charge >= 0.3 is 0 Å². The van der Waals surface area contributed by atoms with Gasteiger partial charge in [-0.05, 0) is 55.7 Å². The number of anilines is 1. The number of benzene rings is 1. The molecule has 0 atom stereocenters. The van der Waals surface area contributed by atoms with Gasteiger partial charge < -0.3 is 11.1 Å². The number of rotatable bonds is 3. The molecule has 0 aliphatic heterocycles. The Labute approximate surface area is 115 Å². The molecule has 1 fully saturated rings. The number of hydrogen-bond donors (Lipinski definition) is 2. The van der Waals surface area contributed by atoms with Crippen molar-refractivity contribution in [1.29, 1.82) is 0 Å². The van der Waals surface area contributed by atoms with Gasteiger partial charge in [-0.1, -0.05) is 26.0 Å². The third-order valence-corrected chi connectivity index (χ3v) is 4.33. The second-order valence-corrected chi connectivity index (χ2v) is 6.61. The van der Waals surface area contributed by atoms with Crippen molar-refractivity contribution in [3.63, 3.8) is 0 Å². The van der Waals surface area contributed by atoms with Crippen molar-refractivity contribution in [3.8, 4) is 0 Å². The van der Waals surface area contributed by atoms with E-state index < -0.39 is 5.54 Å². The first-order valence-corrected chi connectivity index (χ1v) is 6.98. The molecule has 0 bridgehead atoms. The maximum Gasteiger partial charge on any atom is 0.243 e. The molecule has 3 N–H and O–H groups in total. The van der Waals surface area contributed by atoms with Crippen LogP contribution in [-0.4, -0.2) is 11.4 Å². The molecule has 0 spiro atoms. The van der Waals surface area contributed by atoms with Crippen LogP contribution in [0, 0.1) is 12.3 Å². The SMILES string of the molecule is Cc1cccc(NC2(C(N)=O)CCC(C)(C)CC2)c1. The molecule has 104 valence electrons.